The Morgan fingerprint density at radius 3 is 2.70 bits per heavy atom. The van der Waals surface area contributed by atoms with Crippen molar-refractivity contribution < 1.29 is 19.2 Å². The normalized spacial score (nSPS) is 13.9. The minimum absolute atomic E-state index is 0.0678. The number of hydrogen-bond donors (Lipinski definition) is 1. The van der Waals surface area contributed by atoms with E-state index < -0.39 is 10.8 Å². The number of rotatable bonds is 6. The molecule has 1 amide bonds. The molecule has 0 saturated carbocycles. The number of hydrogen-bond acceptors (Lipinski definition) is 6. The first-order valence-corrected chi connectivity index (χ1v) is 8.70. The summed E-state index contributed by atoms with van der Waals surface area (Å²) in [6.45, 7) is 1.95. The van der Waals surface area contributed by atoms with E-state index in [0.717, 1.165) is 0 Å². The van der Waals surface area contributed by atoms with Crippen molar-refractivity contribution in [2.75, 3.05) is 43.1 Å². The molecule has 0 spiro atoms. The Bertz CT molecular complexity index is 839. The highest BCUT2D eigenvalue weighted by Gasteiger charge is 2.22. The van der Waals surface area contributed by atoms with Gasteiger partial charge in [0, 0.05) is 24.8 Å². The highest BCUT2D eigenvalue weighted by Crippen LogP contribution is 2.31. The van der Waals surface area contributed by atoms with Crippen LogP contribution in [0.25, 0.3) is 0 Å². The number of nitro benzene ring substituents is 1. The molecule has 1 aliphatic rings. The van der Waals surface area contributed by atoms with E-state index in [0.29, 0.717) is 48.5 Å². The van der Waals surface area contributed by atoms with E-state index in [2.05, 4.69) is 5.32 Å². The van der Waals surface area contributed by atoms with Crippen LogP contribution in [0.1, 0.15) is 0 Å². The molecule has 1 N–H and O–H groups in total. The highest BCUT2D eigenvalue weighted by atomic mass is 35.5. The number of benzene rings is 2. The minimum atomic E-state index is -0.458. The average Bonchev–Trinajstić information content (AvgIpc) is 2.68. The summed E-state index contributed by atoms with van der Waals surface area (Å²) in [6.07, 6.45) is 0. The maximum atomic E-state index is 12.1. The van der Waals surface area contributed by atoms with Gasteiger partial charge in [-0.05, 0) is 24.3 Å². The van der Waals surface area contributed by atoms with Crippen molar-refractivity contribution in [1.29, 1.82) is 0 Å². The largest absolute Gasteiger partial charge is 0.482 e. The highest BCUT2D eigenvalue weighted by molar-refractivity contribution is 6.32. The van der Waals surface area contributed by atoms with Crippen LogP contribution in [0.5, 0.6) is 5.75 Å². The molecule has 2 aromatic carbocycles. The summed E-state index contributed by atoms with van der Waals surface area (Å²) < 4.78 is 10.6. The van der Waals surface area contributed by atoms with Crippen molar-refractivity contribution in [1.82, 2.24) is 0 Å². The standard InChI is InChI=1S/C18H18ClN3O5/c19-14-3-1-2-4-17(14)27-12-18(23)20-13-5-6-15(16(11-13)22(24)25)21-7-9-26-10-8-21/h1-6,11H,7-10,12H2,(H,20,23). The van der Waals surface area contributed by atoms with Crippen LogP contribution in [-0.4, -0.2) is 43.7 Å². The lowest BCUT2D eigenvalue weighted by molar-refractivity contribution is -0.384. The van der Waals surface area contributed by atoms with Gasteiger partial charge in [0.15, 0.2) is 6.61 Å². The maximum Gasteiger partial charge on any atom is 0.294 e. The molecule has 9 heteroatoms. The smallest absolute Gasteiger partial charge is 0.294 e. The molecule has 8 nitrogen and oxygen atoms in total. The molecule has 1 heterocycles. The zero-order valence-corrected chi connectivity index (χ0v) is 15.1. The van der Waals surface area contributed by atoms with Gasteiger partial charge in [0.05, 0.1) is 23.2 Å². The van der Waals surface area contributed by atoms with E-state index in [1.54, 1.807) is 36.4 Å². The molecular formula is C18H18ClN3O5. The number of carbonyl (C=O) groups excluding carboxylic acids is 1. The van der Waals surface area contributed by atoms with Crippen LogP contribution < -0.4 is 15.0 Å². The summed E-state index contributed by atoms with van der Waals surface area (Å²) in [4.78, 5) is 25.0. The fraction of sp³-hybridized carbons (Fsp3) is 0.278. The Hall–Kier alpha value is -2.84. The van der Waals surface area contributed by atoms with E-state index in [4.69, 9.17) is 21.1 Å². The molecule has 0 unspecified atom stereocenters. The Labute approximate surface area is 160 Å². The second kappa shape index (κ2) is 8.70. The van der Waals surface area contributed by atoms with Gasteiger partial charge < -0.3 is 19.7 Å². The monoisotopic (exact) mass is 391 g/mol. The molecule has 1 saturated heterocycles. The molecule has 0 bridgehead atoms. The van der Waals surface area contributed by atoms with Crippen molar-refractivity contribution in [3.8, 4) is 5.75 Å². The number of nitro groups is 1. The predicted octanol–water partition coefficient (Wildman–Crippen LogP) is 3.10. The lowest BCUT2D eigenvalue weighted by Crippen LogP contribution is -2.36. The lowest BCUT2D eigenvalue weighted by Gasteiger charge is -2.28. The Kier molecular flexibility index (Phi) is 6.10. The zero-order chi connectivity index (χ0) is 19.2. The maximum absolute atomic E-state index is 12.1. The van der Waals surface area contributed by atoms with Gasteiger partial charge in [-0.15, -0.1) is 0 Å². The summed E-state index contributed by atoms with van der Waals surface area (Å²) in [6, 6.07) is 11.4. The van der Waals surface area contributed by atoms with Gasteiger partial charge in [-0.1, -0.05) is 23.7 Å². The van der Waals surface area contributed by atoms with E-state index in [9.17, 15) is 14.9 Å². The Balaban J connectivity index is 1.67. The molecule has 0 radical (unpaired) electrons. The molecular weight excluding hydrogens is 374 g/mol. The molecule has 142 valence electrons. The lowest BCUT2D eigenvalue weighted by atomic mass is 10.2. The number of morpholine rings is 1. The van der Waals surface area contributed by atoms with E-state index >= 15 is 0 Å². The Morgan fingerprint density at radius 1 is 1.26 bits per heavy atom. The van der Waals surface area contributed by atoms with Crippen LogP contribution in [0.4, 0.5) is 17.1 Å². The molecule has 0 aliphatic carbocycles. The van der Waals surface area contributed by atoms with Crippen LogP contribution in [0, 0.1) is 10.1 Å². The molecule has 0 aromatic heterocycles. The third kappa shape index (κ3) is 4.87. The fourth-order valence-electron chi connectivity index (χ4n) is 2.72. The topological polar surface area (TPSA) is 93.9 Å². The second-order valence-electron chi connectivity index (χ2n) is 5.83. The first-order valence-electron chi connectivity index (χ1n) is 8.33. The minimum Gasteiger partial charge on any atom is -0.482 e. The quantitative estimate of drug-likeness (QED) is 0.600. The predicted molar refractivity (Wildman–Crippen MR) is 102 cm³/mol. The van der Waals surface area contributed by atoms with Gasteiger partial charge in [0.1, 0.15) is 11.4 Å². The summed E-state index contributed by atoms with van der Waals surface area (Å²) in [7, 11) is 0. The van der Waals surface area contributed by atoms with Crippen LogP contribution in [0.2, 0.25) is 5.02 Å². The second-order valence-corrected chi connectivity index (χ2v) is 6.23. The number of nitrogens with zero attached hydrogens (tertiary/aromatic N) is 2. The number of para-hydroxylation sites is 1. The van der Waals surface area contributed by atoms with Gasteiger partial charge >= 0.3 is 0 Å². The number of amides is 1. The van der Waals surface area contributed by atoms with E-state index in [1.807, 2.05) is 4.90 Å². The summed E-state index contributed by atoms with van der Waals surface area (Å²) in [5.41, 5.74) is 0.766. The van der Waals surface area contributed by atoms with Gasteiger partial charge in [-0.2, -0.15) is 0 Å². The van der Waals surface area contributed by atoms with Gasteiger partial charge in [0.2, 0.25) is 0 Å². The van der Waals surface area contributed by atoms with Gasteiger partial charge in [0.25, 0.3) is 11.6 Å². The van der Waals surface area contributed by atoms with Gasteiger partial charge in [-0.3, -0.25) is 14.9 Å². The van der Waals surface area contributed by atoms with Crippen LogP contribution in [0.3, 0.4) is 0 Å². The molecule has 1 aliphatic heterocycles. The zero-order valence-electron chi connectivity index (χ0n) is 14.4. The molecule has 3 rings (SSSR count). The fourth-order valence-corrected chi connectivity index (χ4v) is 2.91. The van der Waals surface area contributed by atoms with Crippen molar-refractivity contribution in [3.63, 3.8) is 0 Å². The summed E-state index contributed by atoms with van der Waals surface area (Å²) >= 11 is 5.97. The number of halogens is 1. The van der Waals surface area contributed by atoms with Crippen LogP contribution in [-0.2, 0) is 9.53 Å². The Morgan fingerprint density at radius 2 is 2.00 bits per heavy atom. The van der Waals surface area contributed by atoms with E-state index in [1.165, 1.54) is 6.07 Å². The van der Waals surface area contributed by atoms with Crippen molar-refractivity contribution in [2.45, 2.75) is 0 Å². The summed E-state index contributed by atoms with van der Waals surface area (Å²) in [5.74, 6) is -0.0497. The van der Waals surface area contributed by atoms with Crippen molar-refractivity contribution in [3.05, 3.63) is 57.6 Å². The van der Waals surface area contributed by atoms with Crippen LogP contribution in [0.15, 0.2) is 42.5 Å². The third-order valence-electron chi connectivity index (χ3n) is 4.00. The molecule has 1 fully saturated rings. The first kappa shape index (κ1) is 18.9. The first-order chi connectivity index (χ1) is 13.0. The molecule has 27 heavy (non-hydrogen) atoms. The van der Waals surface area contributed by atoms with Crippen LogP contribution >= 0.6 is 11.6 Å². The SMILES string of the molecule is O=C(COc1ccccc1Cl)Nc1ccc(N2CCOCC2)c([N+](=O)[O-])c1. The third-order valence-corrected chi connectivity index (χ3v) is 4.32. The average molecular weight is 392 g/mol. The molecule has 0 atom stereocenters. The summed E-state index contributed by atoms with van der Waals surface area (Å²) in [5, 5.41) is 14.4. The number of nitrogens with one attached hydrogen (secondary N) is 1. The van der Waals surface area contributed by atoms with E-state index in [-0.39, 0.29) is 12.3 Å². The van der Waals surface area contributed by atoms with Gasteiger partial charge in [-0.25, -0.2) is 0 Å². The van der Waals surface area contributed by atoms with Crippen molar-refractivity contribution >= 4 is 34.6 Å². The number of carbonyl (C=O) groups is 1. The van der Waals surface area contributed by atoms with Crippen molar-refractivity contribution in [2.24, 2.45) is 0 Å². The number of ether oxygens (including phenoxy) is 2. The number of anilines is 2. The molecule has 2 aromatic rings.